The molecule has 0 spiro atoms. The largest absolute Gasteiger partial charge is 0.319 e. The highest BCUT2D eigenvalue weighted by atomic mass is 32.2. The van der Waals surface area contributed by atoms with Gasteiger partial charge in [0.25, 0.3) is 0 Å². The molecule has 6 heteroatoms. The van der Waals surface area contributed by atoms with Crippen LogP contribution in [0.1, 0.15) is 12.0 Å². The van der Waals surface area contributed by atoms with Gasteiger partial charge in [-0.2, -0.15) is 9.57 Å². The summed E-state index contributed by atoms with van der Waals surface area (Å²) in [6.07, 6.45) is 1.20. The first kappa shape index (κ1) is 15.0. The highest BCUT2D eigenvalue weighted by Gasteiger charge is 2.31. The minimum absolute atomic E-state index is 0.300. The Balaban J connectivity index is 2.13. The van der Waals surface area contributed by atoms with E-state index in [0.717, 1.165) is 18.5 Å². The standard InChI is InChI=1S/C14H19N3O2S/c1-16-10-13-7-9-17(11-13)20(18,19)14-4-2-12(3-5-14)6-8-15/h2-5,13,16H,6-7,9-11H2,1H3. The van der Waals surface area contributed by atoms with Gasteiger partial charge in [0, 0.05) is 13.1 Å². The molecule has 5 nitrogen and oxygen atoms in total. The zero-order valence-electron chi connectivity index (χ0n) is 11.5. The summed E-state index contributed by atoms with van der Waals surface area (Å²) in [5.74, 6) is 0.382. The fourth-order valence-electron chi connectivity index (χ4n) is 2.49. The molecule has 2 rings (SSSR count). The van der Waals surface area contributed by atoms with Crippen LogP contribution in [0.15, 0.2) is 29.2 Å². The van der Waals surface area contributed by atoms with Crippen LogP contribution < -0.4 is 5.32 Å². The molecule has 0 amide bonds. The molecule has 1 atom stereocenters. The Morgan fingerprint density at radius 2 is 2.10 bits per heavy atom. The van der Waals surface area contributed by atoms with Crippen molar-refractivity contribution in [1.29, 1.82) is 5.26 Å². The SMILES string of the molecule is CNCC1CCN(S(=O)(=O)c2ccc(CC#N)cc2)C1. The van der Waals surface area contributed by atoms with Crippen molar-refractivity contribution in [2.45, 2.75) is 17.7 Å². The lowest BCUT2D eigenvalue weighted by Gasteiger charge is -2.16. The molecule has 1 fully saturated rings. The van der Waals surface area contributed by atoms with Crippen LogP contribution in [-0.2, 0) is 16.4 Å². The topological polar surface area (TPSA) is 73.2 Å². The molecule has 1 aromatic rings. The molecule has 1 heterocycles. The summed E-state index contributed by atoms with van der Waals surface area (Å²) in [7, 11) is -1.52. The van der Waals surface area contributed by atoms with Crippen LogP contribution in [0, 0.1) is 17.2 Å². The first-order valence-electron chi connectivity index (χ1n) is 6.68. The average molecular weight is 293 g/mol. The van der Waals surface area contributed by atoms with Crippen molar-refractivity contribution in [3.63, 3.8) is 0 Å². The van der Waals surface area contributed by atoms with Crippen LogP contribution in [0.2, 0.25) is 0 Å². The molecule has 108 valence electrons. The molecule has 0 radical (unpaired) electrons. The molecular weight excluding hydrogens is 274 g/mol. The lowest BCUT2D eigenvalue weighted by Crippen LogP contribution is -2.30. The Morgan fingerprint density at radius 3 is 2.70 bits per heavy atom. The lowest BCUT2D eigenvalue weighted by molar-refractivity contribution is 0.451. The molecular formula is C14H19N3O2S. The highest BCUT2D eigenvalue weighted by molar-refractivity contribution is 7.89. The number of rotatable bonds is 5. The Labute approximate surface area is 120 Å². The molecule has 0 saturated carbocycles. The fourth-order valence-corrected chi connectivity index (χ4v) is 4.02. The van der Waals surface area contributed by atoms with Gasteiger partial charge in [-0.05, 0) is 43.6 Å². The van der Waals surface area contributed by atoms with Gasteiger partial charge in [0.05, 0.1) is 17.4 Å². The molecule has 0 aliphatic carbocycles. The minimum Gasteiger partial charge on any atom is -0.319 e. The normalized spacial score (nSPS) is 19.9. The van der Waals surface area contributed by atoms with Crippen molar-refractivity contribution in [2.75, 3.05) is 26.7 Å². The van der Waals surface area contributed by atoms with Gasteiger partial charge in [-0.15, -0.1) is 0 Å². The van der Waals surface area contributed by atoms with E-state index in [-0.39, 0.29) is 0 Å². The predicted molar refractivity (Wildman–Crippen MR) is 76.6 cm³/mol. The summed E-state index contributed by atoms with van der Waals surface area (Å²) in [6.45, 7) is 1.99. The minimum atomic E-state index is -3.40. The third kappa shape index (κ3) is 3.18. The average Bonchev–Trinajstić information content (AvgIpc) is 2.90. The van der Waals surface area contributed by atoms with Gasteiger partial charge >= 0.3 is 0 Å². The zero-order valence-corrected chi connectivity index (χ0v) is 12.4. The van der Waals surface area contributed by atoms with Gasteiger partial charge in [0.1, 0.15) is 0 Å². The second kappa shape index (κ2) is 6.35. The van der Waals surface area contributed by atoms with E-state index in [2.05, 4.69) is 11.4 Å². The summed E-state index contributed by atoms with van der Waals surface area (Å²) < 4.78 is 26.5. The number of nitrogens with zero attached hydrogens (tertiary/aromatic N) is 2. The molecule has 20 heavy (non-hydrogen) atoms. The summed E-state index contributed by atoms with van der Waals surface area (Å²) in [4.78, 5) is 0.310. The zero-order chi connectivity index (χ0) is 14.6. The number of nitriles is 1. The summed E-state index contributed by atoms with van der Waals surface area (Å²) in [6, 6.07) is 8.64. The molecule has 0 aromatic heterocycles. The fraction of sp³-hybridized carbons (Fsp3) is 0.500. The highest BCUT2D eigenvalue weighted by Crippen LogP contribution is 2.24. The maximum atomic E-state index is 12.5. The Hall–Kier alpha value is -1.42. The number of hydrogen-bond acceptors (Lipinski definition) is 4. The van der Waals surface area contributed by atoms with Crippen molar-refractivity contribution in [2.24, 2.45) is 5.92 Å². The second-order valence-electron chi connectivity index (χ2n) is 5.05. The number of nitrogens with one attached hydrogen (secondary N) is 1. The van der Waals surface area contributed by atoms with Gasteiger partial charge in [-0.1, -0.05) is 12.1 Å². The molecule has 1 saturated heterocycles. The molecule has 1 aliphatic heterocycles. The second-order valence-corrected chi connectivity index (χ2v) is 6.99. The van der Waals surface area contributed by atoms with E-state index in [0.29, 0.717) is 30.3 Å². The Bertz CT molecular complexity index is 590. The van der Waals surface area contributed by atoms with Crippen molar-refractivity contribution >= 4 is 10.0 Å². The quantitative estimate of drug-likeness (QED) is 0.878. The van der Waals surface area contributed by atoms with Crippen molar-refractivity contribution in [1.82, 2.24) is 9.62 Å². The monoisotopic (exact) mass is 293 g/mol. The summed E-state index contributed by atoms with van der Waals surface area (Å²) in [5, 5.41) is 11.7. The van der Waals surface area contributed by atoms with E-state index in [1.54, 1.807) is 28.6 Å². The van der Waals surface area contributed by atoms with Crippen molar-refractivity contribution < 1.29 is 8.42 Å². The van der Waals surface area contributed by atoms with E-state index < -0.39 is 10.0 Å². The number of sulfonamides is 1. The van der Waals surface area contributed by atoms with Crippen LogP contribution in [0.3, 0.4) is 0 Å². The Morgan fingerprint density at radius 1 is 1.40 bits per heavy atom. The van der Waals surface area contributed by atoms with Gasteiger partial charge in [0.2, 0.25) is 10.0 Å². The van der Waals surface area contributed by atoms with Crippen LogP contribution >= 0.6 is 0 Å². The molecule has 1 N–H and O–H groups in total. The van der Waals surface area contributed by atoms with E-state index in [1.165, 1.54) is 0 Å². The van der Waals surface area contributed by atoms with Crippen LogP contribution in [0.5, 0.6) is 0 Å². The first-order valence-corrected chi connectivity index (χ1v) is 8.12. The van der Waals surface area contributed by atoms with Crippen molar-refractivity contribution in [3.05, 3.63) is 29.8 Å². The van der Waals surface area contributed by atoms with Crippen LogP contribution in [0.25, 0.3) is 0 Å². The van der Waals surface area contributed by atoms with Gasteiger partial charge in [-0.3, -0.25) is 0 Å². The number of hydrogen-bond donors (Lipinski definition) is 1. The third-order valence-electron chi connectivity index (χ3n) is 3.59. The van der Waals surface area contributed by atoms with Crippen molar-refractivity contribution in [3.8, 4) is 6.07 Å². The smallest absolute Gasteiger partial charge is 0.243 e. The third-order valence-corrected chi connectivity index (χ3v) is 5.47. The summed E-state index contributed by atoms with van der Waals surface area (Å²) >= 11 is 0. The first-order chi connectivity index (χ1) is 9.57. The molecule has 1 aromatic carbocycles. The maximum absolute atomic E-state index is 12.5. The van der Waals surface area contributed by atoms with Gasteiger partial charge in [-0.25, -0.2) is 8.42 Å². The van der Waals surface area contributed by atoms with Gasteiger partial charge < -0.3 is 5.32 Å². The summed E-state index contributed by atoms with van der Waals surface area (Å²) in [5.41, 5.74) is 0.834. The lowest BCUT2D eigenvalue weighted by atomic mass is 10.1. The predicted octanol–water partition coefficient (Wildman–Crippen LogP) is 0.983. The van der Waals surface area contributed by atoms with Crippen LogP contribution in [0.4, 0.5) is 0 Å². The molecule has 1 aliphatic rings. The van der Waals surface area contributed by atoms with E-state index in [4.69, 9.17) is 5.26 Å². The number of benzene rings is 1. The van der Waals surface area contributed by atoms with E-state index in [1.807, 2.05) is 7.05 Å². The van der Waals surface area contributed by atoms with Gasteiger partial charge in [0.15, 0.2) is 0 Å². The molecule has 0 bridgehead atoms. The maximum Gasteiger partial charge on any atom is 0.243 e. The van der Waals surface area contributed by atoms with E-state index >= 15 is 0 Å². The van der Waals surface area contributed by atoms with Crippen LogP contribution in [-0.4, -0.2) is 39.4 Å². The Kier molecular flexibility index (Phi) is 4.76. The van der Waals surface area contributed by atoms with E-state index in [9.17, 15) is 8.42 Å². The molecule has 1 unspecified atom stereocenters.